The summed E-state index contributed by atoms with van der Waals surface area (Å²) in [7, 11) is 2.03. The minimum Gasteiger partial charge on any atom is -0.313 e. The minimum atomic E-state index is 0.577. The molecule has 0 saturated heterocycles. The quantitative estimate of drug-likeness (QED) is 0.776. The fourth-order valence-corrected chi connectivity index (χ4v) is 2.29. The van der Waals surface area contributed by atoms with Gasteiger partial charge in [-0.2, -0.15) is 0 Å². The minimum absolute atomic E-state index is 0.577. The Morgan fingerprint density at radius 3 is 3.08 bits per heavy atom. The second kappa shape index (κ2) is 3.19. The van der Waals surface area contributed by atoms with Crippen LogP contribution in [0.3, 0.4) is 0 Å². The molecule has 0 fully saturated rings. The SMILES string of the molecule is CN[C@@H]1CCc2cc(Br)ccc21. The summed E-state index contributed by atoms with van der Waals surface area (Å²) >= 11 is 3.49. The molecule has 2 rings (SSSR count). The fourth-order valence-electron chi connectivity index (χ4n) is 1.89. The molecule has 0 aliphatic heterocycles. The van der Waals surface area contributed by atoms with Gasteiger partial charge in [0.1, 0.15) is 0 Å². The molecule has 0 unspecified atom stereocenters. The van der Waals surface area contributed by atoms with Crippen LogP contribution in [0, 0.1) is 0 Å². The van der Waals surface area contributed by atoms with Crippen molar-refractivity contribution in [3.8, 4) is 0 Å². The Kier molecular flexibility index (Phi) is 2.20. The zero-order valence-electron chi connectivity index (χ0n) is 7.10. The van der Waals surface area contributed by atoms with Crippen molar-refractivity contribution in [3.05, 3.63) is 33.8 Å². The summed E-state index contributed by atoms with van der Waals surface area (Å²) in [5.74, 6) is 0. The molecule has 0 aromatic heterocycles. The Morgan fingerprint density at radius 2 is 2.33 bits per heavy atom. The average molecular weight is 226 g/mol. The number of rotatable bonds is 1. The molecule has 12 heavy (non-hydrogen) atoms. The lowest BCUT2D eigenvalue weighted by atomic mass is 10.1. The van der Waals surface area contributed by atoms with Crippen molar-refractivity contribution in [3.63, 3.8) is 0 Å². The number of hydrogen-bond donors (Lipinski definition) is 1. The highest BCUT2D eigenvalue weighted by atomic mass is 79.9. The van der Waals surface area contributed by atoms with E-state index >= 15 is 0 Å². The molecule has 2 heteroatoms. The molecule has 0 spiro atoms. The molecule has 0 radical (unpaired) electrons. The highest BCUT2D eigenvalue weighted by Gasteiger charge is 2.20. The van der Waals surface area contributed by atoms with Gasteiger partial charge in [0.2, 0.25) is 0 Å². The van der Waals surface area contributed by atoms with E-state index in [1.807, 2.05) is 7.05 Å². The zero-order valence-corrected chi connectivity index (χ0v) is 8.69. The Hall–Kier alpha value is -0.340. The van der Waals surface area contributed by atoms with Crippen molar-refractivity contribution in [2.45, 2.75) is 18.9 Å². The number of nitrogens with one attached hydrogen (secondary N) is 1. The first-order valence-corrected chi connectivity index (χ1v) is 5.06. The van der Waals surface area contributed by atoms with Gasteiger partial charge in [0.05, 0.1) is 0 Å². The first-order chi connectivity index (χ1) is 5.81. The summed E-state index contributed by atoms with van der Waals surface area (Å²) in [4.78, 5) is 0. The topological polar surface area (TPSA) is 12.0 Å². The molecular weight excluding hydrogens is 214 g/mol. The van der Waals surface area contributed by atoms with Gasteiger partial charge in [0.15, 0.2) is 0 Å². The van der Waals surface area contributed by atoms with E-state index in [2.05, 4.69) is 39.4 Å². The third-order valence-corrected chi connectivity index (χ3v) is 3.02. The predicted molar refractivity (Wildman–Crippen MR) is 54.3 cm³/mol. The third kappa shape index (κ3) is 1.29. The number of fused-ring (bicyclic) bond motifs is 1. The second-order valence-electron chi connectivity index (χ2n) is 3.22. The van der Waals surface area contributed by atoms with Gasteiger partial charge >= 0.3 is 0 Å². The smallest absolute Gasteiger partial charge is 0.0323 e. The van der Waals surface area contributed by atoms with Crippen molar-refractivity contribution in [2.24, 2.45) is 0 Å². The van der Waals surface area contributed by atoms with E-state index in [-0.39, 0.29) is 0 Å². The Labute approximate surface area is 81.3 Å². The van der Waals surface area contributed by atoms with Crippen LogP contribution in [0.2, 0.25) is 0 Å². The number of halogens is 1. The van der Waals surface area contributed by atoms with E-state index in [0.717, 1.165) is 0 Å². The van der Waals surface area contributed by atoms with Crippen molar-refractivity contribution in [1.29, 1.82) is 0 Å². The van der Waals surface area contributed by atoms with Crippen LogP contribution in [-0.4, -0.2) is 7.05 Å². The molecule has 0 heterocycles. The first kappa shape index (κ1) is 8.27. The molecule has 1 aliphatic carbocycles. The largest absolute Gasteiger partial charge is 0.313 e. The summed E-state index contributed by atoms with van der Waals surface area (Å²) in [5.41, 5.74) is 2.96. The van der Waals surface area contributed by atoms with Crippen LogP contribution in [0.5, 0.6) is 0 Å². The van der Waals surface area contributed by atoms with Crippen LogP contribution in [-0.2, 0) is 6.42 Å². The summed E-state index contributed by atoms with van der Waals surface area (Å²) in [6.45, 7) is 0. The second-order valence-corrected chi connectivity index (χ2v) is 4.14. The monoisotopic (exact) mass is 225 g/mol. The Bertz CT molecular complexity index is 296. The van der Waals surface area contributed by atoms with Gasteiger partial charge in [-0.25, -0.2) is 0 Å². The maximum atomic E-state index is 3.49. The van der Waals surface area contributed by atoms with Crippen LogP contribution >= 0.6 is 15.9 Å². The molecule has 1 aliphatic rings. The molecule has 1 aromatic rings. The summed E-state index contributed by atoms with van der Waals surface area (Å²) in [6.07, 6.45) is 2.45. The van der Waals surface area contributed by atoms with Crippen molar-refractivity contribution >= 4 is 15.9 Å². The molecular formula is C10H12BrN. The van der Waals surface area contributed by atoms with Gasteiger partial charge in [-0.05, 0) is 43.1 Å². The van der Waals surface area contributed by atoms with E-state index in [9.17, 15) is 0 Å². The maximum absolute atomic E-state index is 3.49. The first-order valence-electron chi connectivity index (χ1n) is 4.27. The lowest BCUT2D eigenvalue weighted by Gasteiger charge is -2.09. The molecule has 0 amide bonds. The van der Waals surface area contributed by atoms with Crippen LogP contribution < -0.4 is 5.32 Å². The van der Waals surface area contributed by atoms with E-state index in [0.29, 0.717) is 6.04 Å². The van der Waals surface area contributed by atoms with Gasteiger partial charge in [0, 0.05) is 10.5 Å². The highest BCUT2D eigenvalue weighted by molar-refractivity contribution is 9.10. The zero-order chi connectivity index (χ0) is 8.55. The molecule has 1 N–H and O–H groups in total. The predicted octanol–water partition coefficient (Wildman–Crippen LogP) is 2.66. The lowest BCUT2D eigenvalue weighted by molar-refractivity contribution is 0.590. The summed E-state index contributed by atoms with van der Waals surface area (Å²) in [5, 5.41) is 3.32. The standard InChI is InChI=1S/C10H12BrN/c1-12-10-5-2-7-6-8(11)3-4-9(7)10/h3-4,6,10,12H,2,5H2,1H3/t10-/m1/s1. The van der Waals surface area contributed by atoms with Crippen molar-refractivity contribution in [1.82, 2.24) is 5.32 Å². The summed E-state index contributed by atoms with van der Waals surface area (Å²) in [6, 6.07) is 7.14. The molecule has 64 valence electrons. The lowest BCUT2D eigenvalue weighted by Crippen LogP contribution is -2.12. The van der Waals surface area contributed by atoms with E-state index in [1.165, 1.54) is 28.4 Å². The van der Waals surface area contributed by atoms with Crippen LogP contribution in [0.4, 0.5) is 0 Å². The Morgan fingerprint density at radius 1 is 1.50 bits per heavy atom. The van der Waals surface area contributed by atoms with Gasteiger partial charge < -0.3 is 5.32 Å². The number of aryl methyl sites for hydroxylation is 1. The summed E-state index contributed by atoms with van der Waals surface area (Å²) < 4.78 is 1.19. The molecule has 0 bridgehead atoms. The average Bonchev–Trinajstić information content (AvgIpc) is 2.46. The van der Waals surface area contributed by atoms with Crippen LogP contribution in [0.15, 0.2) is 22.7 Å². The third-order valence-electron chi connectivity index (χ3n) is 2.53. The van der Waals surface area contributed by atoms with Crippen molar-refractivity contribution < 1.29 is 0 Å². The van der Waals surface area contributed by atoms with Crippen LogP contribution in [0.1, 0.15) is 23.6 Å². The molecule has 1 aromatic carbocycles. The molecule has 1 nitrogen and oxygen atoms in total. The number of benzene rings is 1. The normalized spacial score (nSPS) is 21.0. The maximum Gasteiger partial charge on any atom is 0.0323 e. The molecule has 1 atom stereocenters. The van der Waals surface area contributed by atoms with Gasteiger partial charge in [0.25, 0.3) is 0 Å². The van der Waals surface area contributed by atoms with Gasteiger partial charge in [-0.1, -0.05) is 22.0 Å². The Balaban J connectivity index is 2.40. The van der Waals surface area contributed by atoms with E-state index in [4.69, 9.17) is 0 Å². The van der Waals surface area contributed by atoms with E-state index < -0.39 is 0 Å². The number of hydrogen-bond acceptors (Lipinski definition) is 1. The van der Waals surface area contributed by atoms with Crippen LogP contribution in [0.25, 0.3) is 0 Å². The van der Waals surface area contributed by atoms with Gasteiger partial charge in [-0.15, -0.1) is 0 Å². The van der Waals surface area contributed by atoms with Crippen molar-refractivity contribution in [2.75, 3.05) is 7.05 Å². The molecule has 0 saturated carbocycles. The fraction of sp³-hybridized carbons (Fsp3) is 0.400. The van der Waals surface area contributed by atoms with E-state index in [1.54, 1.807) is 0 Å². The van der Waals surface area contributed by atoms with Gasteiger partial charge in [-0.3, -0.25) is 0 Å². The highest BCUT2D eigenvalue weighted by Crippen LogP contribution is 2.32.